The van der Waals surface area contributed by atoms with E-state index in [4.69, 9.17) is 4.74 Å². The van der Waals surface area contributed by atoms with Crippen LogP contribution in [0.5, 0.6) is 0 Å². The average Bonchev–Trinajstić information content (AvgIpc) is 2.58. The molecule has 1 aliphatic rings. The number of hydrazine groups is 1. The summed E-state index contributed by atoms with van der Waals surface area (Å²) in [5, 5.41) is 2.85. The molecule has 7 nitrogen and oxygen atoms in total. The van der Waals surface area contributed by atoms with Gasteiger partial charge < -0.3 is 9.47 Å². The zero-order valence-corrected chi connectivity index (χ0v) is 15.8. The highest BCUT2D eigenvalue weighted by Gasteiger charge is 2.32. The quantitative estimate of drug-likeness (QED) is 0.770. The number of rotatable bonds is 4. The minimum Gasteiger partial charge on any atom is -0.465 e. The van der Waals surface area contributed by atoms with Crippen molar-refractivity contribution in [1.82, 2.24) is 10.0 Å². The Bertz CT molecular complexity index is 664. The fourth-order valence-electron chi connectivity index (χ4n) is 2.67. The molecule has 1 fully saturated rings. The first-order chi connectivity index (χ1) is 12.2. The number of nitrogens with zero attached hydrogens (tertiary/aromatic N) is 2. The standard InChI is InChI=1S/C19H26N2O5/c1-19(2,3)26-18(24)21-12-5-6-16(22)20(21)13-11-14-7-9-15(10-8-14)17(23)25-4/h7-10H,5-6,11-13H2,1-4H3. The van der Waals surface area contributed by atoms with Crippen molar-refractivity contribution in [3.05, 3.63) is 35.4 Å². The van der Waals surface area contributed by atoms with E-state index in [-0.39, 0.29) is 11.9 Å². The van der Waals surface area contributed by atoms with Crippen molar-refractivity contribution < 1.29 is 23.9 Å². The van der Waals surface area contributed by atoms with Crippen molar-refractivity contribution in [3.8, 4) is 0 Å². The molecule has 0 aromatic heterocycles. The molecule has 142 valence electrons. The minimum absolute atomic E-state index is 0.0895. The third-order valence-electron chi connectivity index (χ3n) is 3.93. The van der Waals surface area contributed by atoms with Crippen molar-refractivity contribution in [2.24, 2.45) is 0 Å². The highest BCUT2D eigenvalue weighted by molar-refractivity contribution is 5.89. The lowest BCUT2D eigenvalue weighted by Gasteiger charge is -2.38. The van der Waals surface area contributed by atoms with Crippen LogP contribution in [0.3, 0.4) is 0 Å². The monoisotopic (exact) mass is 362 g/mol. The van der Waals surface area contributed by atoms with E-state index in [1.807, 2.05) is 12.1 Å². The van der Waals surface area contributed by atoms with Crippen LogP contribution in [0.4, 0.5) is 4.79 Å². The summed E-state index contributed by atoms with van der Waals surface area (Å²) in [7, 11) is 1.34. The minimum atomic E-state index is -0.618. The summed E-state index contributed by atoms with van der Waals surface area (Å²) in [6.45, 7) is 6.22. The second-order valence-electron chi connectivity index (χ2n) is 7.16. The van der Waals surface area contributed by atoms with Gasteiger partial charge in [0.1, 0.15) is 5.60 Å². The molecule has 1 aromatic rings. The molecule has 0 spiro atoms. The van der Waals surface area contributed by atoms with Crippen LogP contribution < -0.4 is 0 Å². The number of carbonyl (C=O) groups is 3. The van der Waals surface area contributed by atoms with E-state index < -0.39 is 11.7 Å². The van der Waals surface area contributed by atoms with Gasteiger partial charge in [-0.3, -0.25) is 4.79 Å². The van der Waals surface area contributed by atoms with Gasteiger partial charge in [0.25, 0.3) is 0 Å². The van der Waals surface area contributed by atoms with E-state index in [1.165, 1.54) is 17.1 Å². The van der Waals surface area contributed by atoms with Gasteiger partial charge in [-0.1, -0.05) is 12.1 Å². The Kier molecular flexibility index (Phi) is 6.23. The largest absolute Gasteiger partial charge is 0.465 e. The number of benzene rings is 1. The third-order valence-corrected chi connectivity index (χ3v) is 3.93. The van der Waals surface area contributed by atoms with E-state index in [2.05, 4.69) is 4.74 Å². The second-order valence-corrected chi connectivity index (χ2v) is 7.16. The van der Waals surface area contributed by atoms with Gasteiger partial charge in [0, 0.05) is 19.5 Å². The van der Waals surface area contributed by atoms with Gasteiger partial charge in [-0.15, -0.1) is 0 Å². The van der Waals surface area contributed by atoms with Gasteiger partial charge in [0.05, 0.1) is 12.7 Å². The Hall–Kier alpha value is -2.57. The molecular weight excluding hydrogens is 336 g/mol. The Morgan fingerprint density at radius 2 is 1.81 bits per heavy atom. The molecule has 1 aliphatic heterocycles. The molecule has 7 heteroatoms. The van der Waals surface area contributed by atoms with Crippen molar-refractivity contribution in [1.29, 1.82) is 0 Å². The van der Waals surface area contributed by atoms with Crippen LogP contribution in [0.15, 0.2) is 24.3 Å². The predicted molar refractivity (Wildman–Crippen MR) is 95.4 cm³/mol. The highest BCUT2D eigenvalue weighted by Crippen LogP contribution is 2.18. The maximum Gasteiger partial charge on any atom is 0.429 e. The van der Waals surface area contributed by atoms with Gasteiger partial charge >= 0.3 is 12.1 Å². The molecule has 26 heavy (non-hydrogen) atoms. The molecule has 0 bridgehead atoms. The van der Waals surface area contributed by atoms with Crippen LogP contribution in [-0.4, -0.2) is 53.8 Å². The first-order valence-electron chi connectivity index (χ1n) is 8.69. The summed E-state index contributed by atoms with van der Waals surface area (Å²) in [4.78, 5) is 36.2. The third kappa shape index (κ3) is 5.21. The van der Waals surface area contributed by atoms with Gasteiger partial charge in [0.2, 0.25) is 5.91 Å². The smallest absolute Gasteiger partial charge is 0.429 e. The topological polar surface area (TPSA) is 76.2 Å². The molecule has 1 heterocycles. The first kappa shape index (κ1) is 19.8. The van der Waals surface area contributed by atoms with E-state index in [0.717, 1.165) is 5.56 Å². The van der Waals surface area contributed by atoms with Gasteiger partial charge in [-0.2, -0.15) is 0 Å². The zero-order chi connectivity index (χ0) is 19.3. The Labute approximate surface area is 153 Å². The van der Waals surface area contributed by atoms with E-state index in [1.54, 1.807) is 32.9 Å². The van der Waals surface area contributed by atoms with Crippen molar-refractivity contribution >= 4 is 18.0 Å². The number of hydrogen-bond donors (Lipinski definition) is 0. The molecule has 1 aromatic carbocycles. The molecular formula is C19H26N2O5. The summed E-state index contributed by atoms with van der Waals surface area (Å²) in [5.74, 6) is -0.479. The Morgan fingerprint density at radius 1 is 1.15 bits per heavy atom. The normalized spacial score (nSPS) is 15.0. The lowest BCUT2D eigenvalue weighted by atomic mass is 10.1. The van der Waals surface area contributed by atoms with E-state index in [9.17, 15) is 14.4 Å². The number of esters is 1. The number of ether oxygens (including phenoxy) is 2. The van der Waals surface area contributed by atoms with Crippen molar-refractivity contribution in [2.45, 2.75) is 45.6 Å². The molecule has 0 unspecified atom stereocenters. The van der Waals surface area contributed by atoms with E-state index in [0.29, 0.717) is 37.9 Å². The van der Waals surface area contributed by atoms with Crippen LogP contribution in [0.2, 0.25) is 0 Å². The SMILES string of the molecule is COC(=O)c1ccc(CCN2C(=O)CCCN2C(=O)OC(C)(C)C)cc1. The van der Waals surface area contributed by atoms with Gasteiger partial charge in [-0.05, 0) is 51.3 Å². The summed E-state index contributed by atoms with van der Waals surface area (Å²) >= 11 is 0. The second kappa shape index (κ2) is 8.21. The molecule has 0 atom stereocenters. The van der Waals surface area contributed by atoms with Crippen LogP contribution in [0.25, 0.3) is 0 Å². The maximum absolute atomic E-state index is 12.4. The van der Waals surface area contributed by atoms with Gasteiger partial charge in [0.15, 0.2) is 0 Å². The van der Waals surface area contributed by atoms with E-state index >= 15 is 0 Å². The van der Waals surface area contributed by atoms with Crippen molar-refractivity contribution in [2.75, 3.05) is 20.2 Å². The Morgan fingerprint density at radius 3 is 2.38 bits per heavy atom. The fourth-order valence-corrected chi connectivity index (χ4v) is 2.67. The molecule has 0 aliphatic carbocycles. The van der Waals surface area contributed by atoms with Crippen LogP contribution >= 0.6 is 0 Å². The number of amides is 2. The van der Waals surface area contributed by atoms with Crippen molar-refractivity contribution in [3.63, 3.8) is 0 Å². The fraction of sp³-hybridized carbons (Fsp3) is 0.526. The molecule has 0 radical (unpaired) electrons. The maximum atomic E-state index is 12.4. The molecule has 2 amide bonds. The summed E-state index contributed by atoms with van der Waals surface area (Å²) < 4.78 is 10.1. The highest BCUT2D eigenvalue weighted by atomic mass is 16.6. The Balaban J connectivity index is 2.03. The molecule has 0 N–H and O–H groups in total. The summed E-state index contributed by atoms with van der Waals surface area (Å²) in [6, 6.07) is 7.01. The van der Waals surface area contributed by atoms with Crippen LogP contribution in [0, 0.1) is 0 Å². The predicted octanol–water partition coefficient (Wildman–Crippen LogP) is 2.79. The number of methoxy groups -OCH3 is 1. The van der Waals surface area contributed by atoms with Gasteiger partial charge in [-0.25, -0.2) is 19.6 Å². The summed E-state index contributed by atoms with van der Waals surface area (Å²) in [5.41, 5.74) is 0.813. The number of carbonyl (C=O) groups excluding carboxylic acids is 3. The van der Waals surface area contributed by atoms with Crippen LogP contribution in [0.1, 0.15) is 49.5 Å². The lowest BCUT2D eigenvalue weighted by Crippen LogP contribution is -2.55. The lowest BCUT2D eigenvalue weighted by molar-refractivity contribution is -0.153. The molecule has 2 rings (SSSR count). The average molecular weight is 362 g/mol. The first-order valence-corrected chi connectivity index (χ1v) is 8.69. The zero-order valence-electron chi connectivity index (χ0n) is 15.8. The number of hydrogen-bond acceptors (Lipinski definition) is 5. The summed E-state index contributed by atoms with van der Waals surface area (Å²) in [6.07, 6.45) is 1.10. The van der Waals surface area contributed by atoms with Crippen LogP contribution in [-0.2, 0) is 20.7 Å². The molecule has 0 saturated carbocycles. The molecule has 1 saturated heterocycles.